The number of furan rings is 1. The van der Waals surface area contributed by atoms with Crippen molar-refractivity contribution >= 4 is 16.9 Å². The van der Waals surface area contributed by atoms with Crippen LogP contribution in [0.3, 0.4) is 0 Å². The van der Waals surface area contributed by atoms with Crippen LogP contribution in [0.5, 0.6) is 0 Å². The van der Waals surface area contributed by atoms with Crippen molar-refractivity contribution in [2.24, 2.45) is 0 Å². The predicted molar refractivity (Wildman–Crippen MR) is 68.5 cm³/mol. The number of carbonyl (C=O) groups excluding carboxylic acids is 1. The summed E-state index contributed by atoms with van der Waals surface area (Å²) < 4.78 is 5.48. The minimum Gasteiger partial charge on any atom is -0.545 e. The fourth-order valence-corrected chi connectivity index (χ4v) is 2.04. The number of pyridine rings is 1. The van der Waals surface area contributed by atoms with Crippen molar-refractivity contribution < 1.29 is 65.7 Å². The van der Waals surface area contributed by atoms with Crippen LogP contribution in [0.2, 0.25) is 0 Å². The Hall–Kier alpha value is -0.984. The molecule has 3 aromatic rings. The summed E-state index contributed by atoms with van der Waals surface area (Å²) in [5.41, 5.74) is 1.22. The summed E-state index contributed by atoms with van der Waals surface area (Å²) in [7, 11) is 0. The molecule has 0 bridgehead atoms. The standard InChI is InChI=1S/C15H11NO3.K/c1-9-6-7-14(19-9)13-8-11(15(17)18)10-4-2-3-5-12(10)16-13;/h2-8H,1H3,(H,17,18);/q;+1/p-1. The second-order valence-electron chi connectivity index (χ2n) is 4.27. The predicted octanol–water partition coefficient (Wildman–Crippen LogP) is -0.829. The van der Waals surface area contributed by atoms with Gasteiger partial charge in [0.15, 0.2) is 5.76 Å². The Kier molecular flexibility index (Phi) is 4.77. The van der Waals surface area contributed by atoms with E-state index in [1.165, 1.54) is 6.07 Å². The average molecular weight is 291 g/mol. The Morgan fingerprint density at radius 3 is 2.60 bits per heavy atom. The van der Waals surface area contributed by atoms with Gasteiger partial charge in [-0.15, -0.1) is 0 Å². The summed E-state index contributed by atoms with van der Waals surface area (Å²) in [5, 5.41) is 11.8. The van der Waals surface area contributed by atoms with Crippen LogP contribution in [0.25, 0.3) is 22.4 Å². The molecule has 0 saturated heterocycles. The van der Waals surface area contributed by atoms with Crippen molar-refractivity contribution in [1.29, 1.82) is 0 Å². The van der Waals surface area contributed by atoms with Gasteiger partial charge in [0, 0.05) is 10.9 Å². The van der Waals surface area contributed by atoms with E-state index in [2.05, 4.69) is 4.98 Å². The molecular weight excluding hydrogens is 281 g/mol. The molecule has 0 radical (unpaired) electrons. The number of aromatic nitrogens is 1. The average Bonchev–Trinajstić information content (AvgIpc) is 2.84. The summed E-state index contributed by atoms with van der Waals surface area (Å²) in [4.78, 5) is 15.7. The summed E-state index contributed by atoms with van der Waals surface area (Å²) in [5.74, 6) is 0.0776. The first-order chi connectivity index (χ1) is 9.15. The van der Waals surface area contributed by atoms with E-state index in [1.807, 2.05) is 19.1 Å². The maximum absolute atomic E-state index is 11.2. The number of aryl methyl sites for hydroxylation is 1. The third-order valence-corrected chi connectivity index (χ3v) is 2.93. The van der Waals surface area contributed by atoms with Crippen molar-refractivity contribution in [3.05, 3.63) is 53.8 Å². The topological polar surface area (TPSA) is 66.2 Å². The molecule has 0 spiro atoms. The van der Waals surface area contributed by atoms with Gasteiger partial charge in [0.25, 0.3) is 0 Å². The van der Waals surface area contributed by atoms with Gasteiger partial charge in [0.1, 0.15) is 11.5 Å². The van der Waals surface area contributed by atoms with Gasteiger partial charge >= 0.3 is 51.4 Å². The van der Waals surface area contributed by atoms with Crippen LogP contribution in [0.4, 0.5) is 0 Å². The van der Waals surface area contributed by atoms with Crippen LogP contribution in [0.15, 0.2) is 46.9 Å². The molecule has 0 saturated carbocycles. The van der Waals surface area contributed by atoms with Crippen molar-refractivity contribution in [2.75, 3.05) is 0 Å². The van der Waals surface area contributed by atoms with E-state index < -0.39 is 5.97 Å². The van der Waals surface area contributed by atoms with E-state index in [9.17, 15) is 9.90 Å². The molecular formula is C15H10KNO3. The number of carboxylic acids is 1. The number of fused-ring (bicyclic) bond motifs is 1. The molecule has 2 heterocycles. The van der Waals surface area contributed by atoms with Crippen molar-refractivity contribution in [3.8, 4) is 11.5 Å². The molecule has 0 aliphatic carbocycles. The zero-order valence-electron chi connectivity index (χ0n) is 11.2. The van der Waals surface area contributed by atoms with Crippen molar-refractivity contribution in [2.45, 2.75) is 6.92 Å². The Morgan fingerprint density at radius 2 is 1.95 bits per heavy atom. The second kappa shape index (κ2) is 6.20. The third kappa shape index (κ3) is 2.87. The minimum atomic E-state index is -1.22. The van der Waals surface area contributed by atoms with Gasteiger partial charge in [-0.3, -0.25) is 0 Å². The summed E-state index contributed by atoms with van der Waals surface area (Å²) in [6, 6.07) is 12.1. The molecule has 5 heteroatoms. The molecule has 0 amide bonds. The van der Waals surface area contributed by atoms with E-state index in [0.717, 1.165) is 5.76 Å². The Labute approximate surface area is 158 Å². The number of para-hydroxylation sites is 1. The number of benzene rings is 1. The van der Waals surface area contributed by atoms with Gasteiger partial charge in [-0.25, -0.2) is 4.98 Å². The molecule has 94 valence electrons. The monoisotopic (exact) mass is 291 g/mol. The first kappa shape index (κ1) is 15.4. The van der Waals surface area contributed by atoms with Gasteiger partial charge in [0.05, 0.1) is 11.5 Å². The fraction of sp³-hybridized carbons (Fsp3) is 0.0667. The zero-order chi connectivity index (χ0) is 13.4. The van der Waals surface area contributed by atoms with E-state index >= 15 is 0 Å². The Balaban J connectivity index is 0.00000147. The van der Waals surface area contributed by atoms with Gasteiger partial charge in [0.2, 0.25) is 0 Å². The third-order valence-electron chi connectivity index (χ3n) is 2.93. The molecule has 0 N–H and O–H groups in total. The SMILES string of the molecule is Cc1ccc(-c2cc(C(=O)[O-])c3ccccc3n2)o1.[K+]. The molecule has 0 aliphatic heterocycles. The van der Waals surface area contributed by atoms with Gasteiger partial charge in [-0.2, -0.15) is 0 Å². The maximum Gasteiger partial charge on any atom is 1.00 e. The number of carbonyl (C=O) groups is 1. The zero-order valence-corrected chi connectivity index (χ0v) is 14.3. The van der Waals surface area contributed by atoms with E-state index in [-0.39, 0.29) is 56.9 Å². The quantitative estimate of drug-likeness (QED) is 0.578. The number of hydrogen-bond donors (Lipinski definition) is 0. The van der Waals surface area contributed by atoms with Gasteiger partial charge in [-0.05, 0) is 31.2 Å². The first-order valence-corrected chi connectivity index (χ1v) is 5.83. The molecule has 0 atom stereocenters. The second-order valence-corrected chi connectivity index (χ2v) is 4.27. The van der Waals surface area contributed by atoms with Crippen LogP contribution in [0.1, 0.15) is 16.1 Å². The Morgan fingerprint density at radius 1 is 1.20 bits per heavy atom. The van der Waals surface area contributed by atoms with Crippen molar-refractivity contribution in [1.82, 2.24) is 4.98 Å². The fourth-order valence-electron chi connectivity index (χ4n) is 2.04. The van der Waals surface area contributed by atoms with Gasteiger partial charge in [-0.1, -0.05) is 18.2 Å². The normalized spacial score (nSPS) is 10.2. The number of rotatable bonds is 2. The largest absolute Gasteiger partial charge is 1.00 e. The number of nitrogens with zero attached hydrogens (tertiary/aromatic N) is 1. The molecule has 4 nitrogen and oxygen atoms in total. The van der Waals surface area contributed by atoms with Crippen LogP contribution in [0, 0.1) is 6.92 Å². The summed E-state index contributed by atoms with van der Waals surface area (Å²) in [6.45, 7) is 1.82. The molecule has 0 fully saturated rings. The molecule has 2 aromatic heterocycles. The molecule has 0 aliphatic rings. The first-order valence-electron chi connectivity index (χ1n) is 5.83. The van der Waals surface area contributed by atoms with Crippen LogP contribution >= 0.6 is 0 Å². The van der Waals surface area contributed by atoms with Crippen molar-refractivity contribution in [3.63, 3.8) is 0 Å². The molecule has 0 unspecified atom stereocenters. The number of hydrogen-bond acceptors (Lipinski definition) is 4. The number of aromatic carboxylic acids is 1. The summed E-state index contributed by atoms with van der Waals surface area (Å²) in [6.07, 6.45) is 0. The van der Waals surface area contributed by atoms with E-state index in [0.29, 0.717) is 22.4 Å². The number of carboxylic acid groups (broad SMARTS) is 1. The van der Waals surface area contributed by atoms with E-state index in [1.54, 1.807) is 24.3 Å². The molecule has 1 aromatic carbocycles. The maximum atomic E-state index is 11.2. The van der Waals surface area contributed by atoms with Crippen LogP contribution in [-0.2, 0) is 0 Å². The Bertz CT molecular complexity index is 780. The smallest absolute Gasteiger partial charge is 0.545 e. The van der Waals surface area contributed by atoms with Crippen LogP contribution < -0.4 is 56.5 Å². The van der Waals surface area contributed by atoms with Gasteiger partial charge < -0.3 is 14.3 Å². The molecule has 20 heavy (non-hydrogen) atoms. The molecule has 3 rings (SSSR count). The van der Waals surface area contributed by atoms with Crippen LogP contribution in [-0.4, -0.2) is 11.0 Å². The minimum absolute atomic E-state index is 0. The summed E-state index contributed by atoms with van der Waals surface area (Å²) >= 11 is 0. The van der Waals surface area contributed by atoms with E-state index in [4.69, 9.17) is 4.42 Å².